The first-order chi connectivity index (χ1) is 8.06. The van der Waals surface area contributed by atoms with Crippen LogP contribution in [0.3, 0.4) is 0 Å². The Bertz CT molecular complexity index is 381. The molecule has 2 atom stereocenters. The number of rotatable bonds is 6. The molecular weight excluding hydrogens is 238 g/mol. The first-order valence-electron chi connectivity index (χ1n) is 5.79. The molecule has 0 bridgehead atoms. The van der Waals surface area contributed by atoms with Gasteiger partial charge in [0.15, 0.2) is 0 Å². The van der Waals surface area contributed by atoms with Crippen LogP contribution in [0.4, 0.5) is 0 Å². The van der Waals surface area contributed by atoms with Gasteiger partial charge in [-0.15, -0.1) is 0 Å². The molecular formula is C13H18ClNO2. The molecule has 0 fully saturated rings. The summed E-state index contributed by atoms with van der Waals surface area (Å²) in [6.07, 6.45) is 1.45. The van der Waals surface area contributed by atoms with Crippen LogP contribution in [0.25, 0.3) is 0 Å². The summed E-state index contributed by atoms with van der Waals surface area (Å²) in [5.74, 6) is -0.814. The SMILES string of the molecule is CCCC(N[C@H](C)c1ccccc1Cl)C(=O)O. The monoisotopic (exact) mass is 255 g/mol. The third kappa shape index (κ3) is 4.02. The van der Waals surface area contributed by atoms with Crippen molar-refractivity contribution in [2.45, 2.75) is 38.8 Å². The second-order valence-corrected chi connectivity index (χ2v) is 4.50. The average Bonchev–Trinajstić information content (AvgIpc) is 2.28. The lowest BCUT2D eigenvalue weighted by Crippen LogP contribution is -2.38. The molecule has 0 aliphatic rings. The zero-order chi connectivity index (χ0) is 12.8. The average molecular weight is 256 g/mol. The number of aliphatic carboxylic acids is 1. The molecule has 94 valence electrons. The van der Waals surface area contributed by atoms with Crippen LogP contribution in [-0.4, -0.2) is 17.1 Å². The van der Waals surface area contributed by atoms with Gasteiger partial charge in [-0.3, -0.25) is 10.1 Å². The lowest BCUT2D eigenvalue weighted by atomic mass is 10.1. The number of hydrogen-bond acceptors (Lipinski definition) is 2. The number of hydrogen-bond donors (Lipinski definition) is 2. The van der Waals surface area contributed by atoms with Gasteiger partial charge in [-0.2, -0.15) is 0 Å². The van der Waals surface area contributed by atoms with Gasteiger partial charge in [0.25, 0.3) is 0 Å². The summed E-state index contributed by atoms with van der Waals surface area (Å²) < 4.78 is 0. The second kappa shape index (κ2) is 6.62. The van der Waals surface area contributed by atoms with E-state index in [-0.39, 0.29) is 6.04 Å². The largest absolute Gasteiger partial charge is 0.480 e. The summed E-state index contributed by atoms with van der Waals surface area (Å²) in [6, 6.07) is 6.88. The van der Waals surface area contributed by atoms with Crippen LogP contribution < -0.4 is 5.32 Å². The Morgan fingerprint density at radius 2 is 2.12 bits per heavy atom. The molecule has 1 unspecified atom stereocenters. The summed E-state index contributed by atoms with van der Waals surface area (Å²) in [4.78, 5) is 11.0. The van der Waals surface area contributed by atoms with E-state index in [0.717, 1.165) is 12.0 Å². The highest BCUT2D eigenvalue weighted by molar-refractivity contribution is 6.31. The highest BCUT2D eigenvalue weighted by atomic mass is 35.5. The Balaban J connectivity index is 2.73. The molecule has 0 aliphatic carbocycles. The molecule has 1 rings (SSSR count). The van der Waals surface area contributed by atoms with Gasteiger partial charge in [0, 0.05) is 11.1 Å². The van der Waals surface area contributed by atoms with Crippen LogP contribution in [0.5, 0.6) is 0 Å². The molecule has 1 aromatic rings. The van der Waals surface area contributed by atoms with Crippen molar-refractivity contribution in [3.8, 4) is 0 Å². The molecule has 0 aromatic heterocycles. The number of carboxylic acid groups (broad SMARTS) is 1. The molecule has 0 spiro atoms. The molecule has 3 nitrogen and oxygen atoms in total. The molecule has 0 saturated carbocycles. The Hall–Kier alpha value is -1.06. The fourth-order valence-corrected chi connectivity index (χ4v) is 2.08. The lowest BCUT2D eigenvalue weighted by molar-refractivity contribution is -0.139. The number of carbonyl (C=O) groups is 1. The number of nitrogens with one attached hydrogen (secondary N) is 1. The maximum Gasteiger partial charge on any atom is 0.320 e. The van der Waals surface area contributed by atoms with E-state index in [0.29, 0.717) is 11.4 Å². The van der Waals surface area contributed by atoms with Crippen molar-refractivity contribution in [3.63, 3.8) is 0 Å². The van der Waals surface area contributed by atoms with Crippen molar-refractivity contribution in [2.24, 2.45) is 0 Å². The van der Waals surface area contributed by atoms with Crippen LogP contribution in [-0.2, 0) is 4.79 Å². The van der Waals surface area contributed by atoms with Crippen LogP contribution in [0, 0.1) is 0 Å². The standard InChI is InChI=1S/C13H18ClNO2/c1-3-6-12(13(16)17)15-9(2)10-7-4-5-8-11(10)14/h4-5,7-9,12,15H,3,6H2,1-2H3,(H,16,17)/t9-,12?/m1/s1. The number of benzene rings is 1. The van der Waals surface area contributed by atoms with Crippen LogP contribution >= 0.6 is 11.6 Å². The van der Waals surface area contributed by atoms with E-state index in [1.54, 1.807) is 0 Å². The molecule has 17 heavy (non-hydrogen) atoms. The van der Waals surface area contributed by atoms with Gasteiger partial charge in [0.05, 0.1) is 0 Å². The Morgan fingerprint density at radius 3 is 2.65 bits per heavy atom. The Morgan fingerprint density at radius 1 is 1.47 bits per heavy atom. The molecule has 1 aromatic carbocycles. The van der Waals surface area contributed by atoms with E-state index < -0.39 is 12.0 Å². The third-order valence-corrected chi connectivity index (χ3v) is 3.04. The second-order valence-electron chi connectivity index (χ2n) is 4.09. The summed E-state index contributed by atoms with van der Waals surface area (Å²) >= 11 is 6.07. The Kier molecular flexibility index (Phi) is 5.45. The first kappa shape index (κ1) is 14.0. The quantitative estimate of drug-likeness (QED) is 0.820. The highest BCUT2D eigenvalue weighted by Gasteiger charge is 2.19. The van der Waals surface area contributed by atoms with E-state index in [2.05, 4.69) is 5.32 Å². The van der Waals surface area contributed by atoms with Crippen LogP contribution in [0.15, 0.2) is 24.3 Å². The molecule has 0 amide bonds. The summed E-state index contributed by atoms with van der Waals surface area (Å²) in [5, 5.41) is 12.8. The predicted molar refractivity (Wildman–Crippen MR) is 69.3 cm³/mol. The molecule has 0 aliphatic heterocycles. The lowest BCUT2D eigenvalue weighted by Gasteiger charge is -2.20. The number of carboxylic acids is 1. The minimum absolute atomic E-state index is 0.0728. The van der Waals surface area contributed by atoms with E-state index in [4.69, 9.17) is 16.7 Å². The van der Waals surface area contributed by atoms with Crippen molar-refractivity contribution in [1.29, 1.82) is 0 Å². The smallest absolute Gasteiger partial charge is 0.320 e. The number of halogens is 1. The van der Waals surface area contributed by atoms with E-state index in [9.17, 15) is 4.79 Å². The van der Waals surface area contributed by atoms with Crippen LogP contribution in [0.1, 0.15) is 38.3 Å². The summed E-state index contributed by atoms with van der Waals surface area (Å²) in [6.45, 7) is 3.89. The highest BCUT2D eigenvalue weighted by Crippen LogP contribution is 2.22. The first-order valence-corrected chi connectivity index (χ1v) is 6.17. The van der Waals surface area contributed by atoms with Gasteiger partial charge in [-0.1, -0.05) is 43.1 Å². The topological polar surface area (TPSA) is 49.3 Å². The van der Waals surface area contributed by atoms with Crippen molar-refractivity contribution in [2.75, 3.05) is 0 Å². The zero-order valence-electron chi connectivity index (χ0n) is 10.1. The third-order valence-electron chi connectivity index (χ3n) is 2.70. The Labute approximate surface area is 107 Å². The summed E-state index contributed by atoms with van der Waals surface area (Å²) in [7, 11) is 0. The van der Waals surface area contributed by atoms with E-state index in [1.807, 2.05) is 38.1 Å². The maximum atomic E-state index is 11.0. The normalized spacial score (nSPS) is 14.3. The van der Waals surface area contributed by atoms with Gasteiger partial charge in [0.2, 0.25) is 0 Å². The fourth-order valence-electron chi connectivity index (χ4n) is 1.78. The summed E-state index contributed by atoms with van der Waals surface area (Å²) in [5.41, 5.74) is 0.927. The molecule has 0 radical (unpaired) electrons. The van der Waals surface area contributed by atoms with Gasteiger partial charge >= 0.3 is 5.97 Å². The minimum Gasteiger partial charge on any atom is -0.480 e. The molecule has 0 heterocycles. The predicted octanol–water partition coefficient (Wildman–Crippen LogP) is 3.24. The molecule has 0 saturated heterocycles. The van der Waals surface area contributed by atoms with Gasteiger partial charge in [0.1, 0.15) is 6.04 Å². The van der Waals surface area contributed by atoms with Crippen molar-refractivity contribution < 1.29 is 9.90 Å². The van der Waals surface area contributed by atoms with Crippen molar-refractivity contribution in [3.05, 3.63) is 34.9 Å². The van der Waals surface area contributed by atoms with Crippen molar-refractivity contribution in [1.82, 2.24) is 5.32 Å². The zero-order valence-corrected chi connectivity index (χ0v) is 10.9. The van der Waals surface area contributed by atoms with Gasteiger partial charge < -0.3 is 5.11 Å². The van der Waals surface area contributed by atoms with E-state index in [1.165, 1.54) is 0 Å². The maximum absolute atomic E-state index is 11.0. The van der Waals surface area contributed by atoms with Gasteiger partial charge in [-0.25, -0.2) is 0 Å². The molecule has 2 N–H and O–H groups in total. The van der Waals surface area contributed by atoms with Gasteiger partial charge in [-0.05, 0) is 25.0 Å². The molecule has 4 heteroatoms. The van der Waals surface area contributed by atoms with E-state index >= 15 is 0 Å². The minimum atomic E-state index is -0.814. The van der Waals surface area contributed by atoms with Crippen LogP contribution in [0.2, 0.25) is 5.02 Å². The van der Waals surface area contributed by atoms with Crippen molar-refractivity contribution >= 4 is 17.6 Å². The fraction of sp³-hybridized carbons (Fsp3) is 0.462.